The number of halogens is 1. The van der Waals surface area contributed by atoms with Crippen molar-refractivity contribution in [3.8, 4) is 23.0 Å². The largest absolute Gasteiger partial charge is 0.493 e. The quantitative estimate of drug-likeness (QED) is 0.323. The molecule has 0 bridgehead atoms. The summed E-state index contributed by atoms with van der Waals surface area (Å²) in [7, 11) is 6.14. The molecule has 1 fully saturated rings. The minimum absolute atomic E-state index is 0.0172. The van der Waals surface area contributed by atoms with E-state index in [-0.39, 0.29) is 30.4 Å². The average Bonchev–Trinajstić information content (AvgIpc) is 3.00. The average molecular weight is 582 g/mol. The molecule has 2 amide bonds. The lowest BCUT2D eigenvalue weighted by Crippen LogP contribution is -2.44. The van der Waals surface area contributed by atoms with Crippen molar-refractivity contribution in [2.24, 2.45) is 5.73 Å². The summed E-state index contributed by atoms with van der Waals surface area (Å²) in [5.41, 5.74) is 8.31. The molecule has 1 aliphatic rings. The van der Waals surface area contributed by atoms with Gasteiger partial charge in [-0.1, -0.05) is 11.6 Å². The molecule has 41 heavy (non-hydrogen) atoms. The van der Waals surface area contributed by atoms with Gasteiger partial charge in [-0.15, -0.1) is 0 Å². The molecule has 1 saturated carbocycles. The van der Waals surface area contributed by atoms with Crippen molar-refractivity contribution in [3.05, 3.63) is 76.3 Å². The maximum atomic E-state index is 13.9. The maximum Gasteiger partial charge on any atom is 0.255 e. The Morgan fingerprint density at radius 3 is 1.95 bits per heavy atom. The molecule has 0 radical (unpaired) electrons. The fourth-order valence-corrected chi connectivity index (χ4v) is 5.23. The van der Waals surface area contributed by atoms with Crippen molar-refractivity contribution in [2.75, 3.05) is 33.8 Å². The summed E-state index contributed by atoms with van der Waals surface area (Å²) in [4.78, 5) is 28.8. The number of benzene rings is 3. The van der Waals surface area contributed by atoms with Gasteiger partial charge >= 0.3 is 0 Å². The molecule has 4 rings (SSSR count). The first-order valence-corrected chi connectivity index (χ1v) is 13.8. The van der Waals surface area contributed by atoms with E-state index in [1.807, 2.05) is 4.90 Å². The van der Waals surface area contributed by atoms with Gasteiger partial charge < -0.3 is 34.9 Å². The zero-order chi connectivity index (χ0) is 29.5. The van der Waals surface area contributed by atoms with Gasteiger partial charge in [0.15, 0.2) is 23.0 Å². The molecular formula is C31H36ClN3O6. The second-order valence-corrected chi connectivity index (χ2v) is 10.3. The van der Waals surface area contributed by atoms with E-state index in [4.69, 9.17) is 36.3 Å². The topological polar surface area (TPSA) is 112 Å². The first-order valence-electron chi connectivity index (χ1n) is 13.4. The number of amides is 2. The number of methoxy groups -OCH3 is 4. The van der Waals surface area contributed by atoms with E-state index in [0.717, 1.165) is 25.7 Å². The Labute approximate surface area is 245 Å². The van der Waals surface area contributed by atoms with E-state index in [2.05, 4.69) is 5.32 Å². The van der Waals surface area contributed by atoms with Crippen LogP contribution in [0.3, 0.4) is 0 Å². The number of rotatable bonds is 10. The molecule has 9 nitrogen and oxygen atoms in total. The van der Waals surface area contributed by atoms with Crippen LogP contribution in [-0.2, 0) is 6.54 Å². The Morgan fingerprint density at radius 1 is 0.805 bits per heavy atom. The zero-order valence-corrected chi connectivity index (χ0v) is 24.5. The van der Waals surface area contributed by atoms with Gasteiger partial charge in [-0.2, -0.15) is 0 Å². The monoisotopic (exact) mass is 581 g/mol. The third-order valence-corrected chi connectivity index (χ3v) is 7.73. The van der Waals surface area contributed by atoms with Gasteiger partial charge in [-0.05, 0) is 85.8 Å². The molecule has 3 N–H and O–H groups in total. The molecule has 0 aliphatic heterocycles. The minimum atomic E-state index is -0.321. The van der Waals surface area contributed by atoms with Crippen molar-refractivity contribution in [1.82, 2.24) is 4.90 Å². The van der Waals surface area contributed by atoms with Gasteiger partial charge in [0.25, 0.3) is 11.8 Å². The van der Waals surface area contributed by atoms with Crippen LogP contribution in [0.5, 0.6) is 23.0 Å². The second-order valence-electron chi connectivity index (χ2n) is 9.90. The van der Waals surface area contributed by atoms with Gasteiger partial charge in [0.05, 0.1) is 28.4 Å². The Balaban J connectivity index is 1.61. The molecule has 218 valence electrons. The number of nitrogens with two attached hydrogens (primary N) is 1. The van der Waals surface area contributed by atoms with E-state index in [1.54, 1.807) is 61.7 Å². The lowest BCUT2D eigenvalue weighted by atomic mass is 9.90. The van der Waals surface area contributed by atoms with Crippen LogP contribution in [0.2, 0.25) is 5.02 Å². The van der Waals surface area contributed by atoms with Gasteiger partial charge in [0, 0.05) is 40.5 Å². The van der Waals surface area contributed by atoms with Crippen LogP contribution in [0.4, 0.5) is 5.69 Å². The van der Waals surface area contributed by atoms with Gasteiger partial charge in [-0.25, -0.2) is 0 Å². The molecule has 0 unspecified atom stereocenters. The highest BCUT2D eigenvalue weighted by Gasteiger charge is 2.30. The molecule has 0 saturated heterocycles. The summed E-state index contributed by atoms with van der Waals surface area (Å²) in [5, 5.41) is 3.41. The summed E-state index contributed by atoms with van der Waals surface area (Å²) in [6.07, 6.45) is 3.23. The molecule has 0 aromatic heterocycles. The van der Waals surface area contributed by atoms with Crippen LogP contribution in [0.1, 0.15) is 52.0 Å². The number of nitrogens with zero attached hydrogens (tertiary/aromatic N) is 1. The highest BCUT2D eigenvalue weighted by molar-refractivity contribution is 6.31. The van der Waals surface area contributed by atoms with E-state index >= 15 is 0 Å². The van der Waals surface area contributed by atoms with Crippen molar-refractivity contribution in [3.63, 3.8) is 0 Å². The number of carbonyl (C=O) groups excluding carboxylic acids is 2. The summed E-state index contributed by atoms with van der Waals surface area (Å²) >= 11 is 6.63. The summed E-state index contributed by atoms with van der Waals surface area (Å²) in [6.45, 7) is 0.256. The third-order valence-electron chi connectivity index (χ3n) is 7.36. The Kier molecular flexibility index (Phi) is 9.96. The standard InChI is InChI=1S/C31H36ClN3O6/c1-38-26-13-5-19(16-28(26)40-3)30(36)34-23-9-12-25(32)21(15-23)18-35(24-10-7-22(33)8-11-24)31(37)20-6-14-27(39-2)29(17-20)41-4/h5-6,9,12-17,22,24H,7-8,10-11,18,33H2,1-4H3,(H,34,36). The molecule has 0 spiro atoms. The Hall–Kier alpha value is -3.95. The number of nitrogens with one attached hydrogen (secondary N) is 1. The van der Waals surface area contributed by atoms with Crippen LogP contribution in [0.25, 0.3) is 0 Å². The number of anilines is 1. The lowest BCUT2D eigenvalue weighted by molar-refractivity contribution is 0.0606. The zero-order valence-electron chi connectivity index (χ0n) is 23.7. The number of hydrogen-bond donors (Lipinski definition) is 2. The Bertz CT molecular complexity index is 1390. The van der Waals surface area contributed by atoms with E-state index in [9.17, 15) is 9.59 Å². The van der Waals surface area contributed by atoms with Gasteiger partial charge in [0.1, 0.15) is 0 Å². The van der Waals surface area contributed by atoms with Crippen molar-refractivity contribution < 1.29 is 28.5 Å². The van der Waals surface area contributed by atoms with Crippen molar-refractivity contribution in [2.45, 2.75) is 44.3 Å². The second kappa shape index (κ2) is 13.6. The van der Waals surface area contributed by atoms with Crippen LogP contribution < -0.4 is 30.0 Å². The van der Waals surface area contributed by atoms with Crippen LogP contribution in [-0.4, -0.2) is 57.2 Å². The normalized spacial score (nSPS) is 16.4. The van der Waals surface area contributed by atoms with Crippen LogP contribution in [0.15, 0.2) is 54.6 Å². The molecule has 10 heteroatoms. The van der Waals surface area contributed by atoms with E-state index in [1.165, 1.54) is 21.3 Å². The van der Waals surface area contributed by atoms with Crippen molar-refractivity contribution >= 4 is 29.1 Å². The van der Waals surface area contributed by atoms with Crippen molar-refractivity contribution in [1.29, 1.82) is 0 Å². The summed E-state index contributed by atoms with van der Waals surface area (Å²) < 4.78 is 21.4. The molecular weight excluding hydrogens is 546 g/mol. The summed E-state index contributed by atoms with van der Waals surface area (Å²) in [5.74, 6) is 1.53. The molecule has 0 heterocycles. The fourth-order valence-electron chi connectivity index (χ4n) is 5.05. The van der Waals surface area contributed by atoms with Gasteiger partial charge in [-0.3, -0.25) is 9.59 Å². The van der Waals surface area contributed by atoms with Gasteiger partial charge in [0.2, 0.25) is 0 Å². The fraction of sp³-hybridized carbons (Fsp3) is 0.355. The Morgan fingerprint density at radius 2 is 1.37 bits per heavy atom. The number of hydrogen-bond acceptors (Lipinski definition) is 7. The van der Waals surface area contributed by atoms with Crippen LogP contribution >= 0.6 is 11.6 Å². The first kappa shape index (κ1) is 30.0. The molecule has 1 aliphatic carbocycles. The number of carbonyl (C=O) groups is 2. The molecule has 3 aromatic rings. The smallest absolute Gasteiger partial charge is 0.255 e. The van der Waals surface area contributed by atoms with Crippen LogP contribution in [0, 0.1) is 0 Å². The minimum Gasteiger partial charge on any atom is -0.493 e. The number of ether oxygens (including phenoxy) is 4. The maximum absolute atomic E-state index is 13.9. The SMILES string of the molecule is COc1ccc(C(=O)Nc2ccc(Cl)c(CN(C(=O)c3ccc(OC)c(OC)c3)C3CCC(N)CC3)c2)cc1OC. The lowest BCUT2D eigenvalue weighted by Gasteiger charge is -2.36. The van der Waals surface area contributed by atoms with E-state index in [0.29, 0.717) is 50.4 Å². The first-order chi connectivity index (χ1) is 19.8. The highest BCUT2D eigenvalue weighted by atomic mass is 35.5. The molecule has 3 aromatic carbocycles. The third kappa shape index (κ3) is 7.04. The predicted molar refractivity (Wildman–Crippen MR) is 159 cm³/mol. The van der Waals surface area contributed by atoms with E-state index < -0.39 is 0 Å². The predicted octanol–water partition coefficient (Wildman–Crippen LogP) is 5.54. The highest BCUT2D eigenvalue weighted by Crippen LogP contribution is 2.32. The summed E-state index contributed by atoms with van der Waals surface area (Å²) in [6, 6.07) is 15.4. The molecule has 0 atom stereocenters.